The average molecular weight is 280 g/mol. The maximum absolute atomic E-state index is 12.1. The molecule has 0 aliphatic heterocycles. The molecule has 19 heavy (non-hydrogen) atoms. The van der Waals surface area contributed by atoms with Crippen LogP contribution in [-0.4, -0.2) is 26.3 Å². The predicted molar refractivity (Wildman–Crippen MR) is 76.1 cm³/mol. The van der Waals surface area contributed by atoms with Gasteiger partial charge in [0.2, 0.25) is 6.29 Å². The van der Waals surface area contributed by atoms with Crippen molar-refractivity contribution in [2.75, 3.05) is 0 Å². The first-order valence-electron chi connectivity index (χ1n) is 6.19. The van der Waals surface area contributed by atoms with Gasteiger partial charge in [0.25, 0.3) is 0 Å². The van der Waals surface area contributed by atoms with Crippen molar-refractivity contribution in [1.29, 1.82) is 0 Å². The van der Waals surface area contributed by atoms with Crippen molar-refractivity contribution in [3.8, 4) is 0 Å². The van der Waals surface area contributed by atoms with E-state index >= 15 is 0 Å². The quantitative estimate of drug-likeness (QED) is 0.482. The number of carbonyl (C=O) groups is 2. The van der Waals surface area contributed by atoms with Gasteiger partial charge in [0.05, 0.1) is 13.6 Å². The molecule has 0 saturated carbocycles. The molecule has 1 unspecified atom stereocenters. The minimum Gasteiger partial charge on any atom is -0.426 e. The molecule has 0 fully saturated rings. The van der Waals surface area contributed by atoms with Crippen molar-refractivity contribution in [3.05, 3.63) is 29.8 Å². The van der Waals surface area contributed by atoms with Crippen molar-refractivity contribution in [1.82, 2.24) is 0 Å². The summed E-state index contributed by atoms with van der Waals surface area (Å²) in [6.45, 7) is 9.29. The fraction of sp³-hybridized carbons (Fsp3) is 0.429. The molecule has 4 nitrogen and oxygen atoms in total. The van der Waals surface area contributed by atoms with Gasteiger partial charge in [-0.2, -0.15) is 0 Å². The first-order valence-corrected chi connectivity index (χ1v) is 9.69. The van der Waals surface area contributed by atoms with E-state index in [2.05, 4.69) is 19.6 Å². The Morgan fingerprint density at radius 1 is 1.11 bits per heavy atom. The molecule has 0 N–H and O–H groups in total. The van der Waals surface area contributed by atoms with Gasteiger partial charge in [0.15, 0.2) is 0 Å². The summed E-state index contributed by atoms with van der Waals surface area (Å²) in [5, 5.41) is 1.04. The van der Waals surface area contributed by atoms with Gasteiger partial charge in [-0.25, -0.2) is 4.79 Å². The Morgan fingerprint density at radius 3 is 2.21 bits per heavy atom. The minimum atomic E-state index is -1.63. The number of hydrogen-bond donors (Lipinski definition) is 0. The Morgan fingerprint density at radius 2 is 1.68 bits per heavy atom. The van der Waals surface area contributed by atoms with Gasteiger partial charge in [-0.15, -0.1) is 0 Å². The van der Waals surface area contributed by atoms with Crippen LogP contribution in [0.25, 0.3) is 0 Å². The molecule has 1 atom stereocenters. The van der Waals surface area contributed by atoms with E-state index in [4.69, 9.17) is 9.47 Å². The highest BCUT2D eigenvalue weighted by Crippen LogP contribution is 2.10. The highest BCUT2D eigenvalue weighted by Gasteiger charge is 2.24. The minimum absolute atomic E-state index is 0.452. The number of benzene rings is 1. The molecule has 0 spiro atoms. The standard InChI is InChI=1S/C14H20O4Si/c1-10(15)17-11(2)18-14(16)12-8-6-7-9-13(12)19(3,4)5/h6-9,11H,1-5H3. The van der Waals surface area contributed by atoms with Crippen molar-refractivity contribution < 1.29 is 19.1 Å². The third-order valence-corrected chi connectivity index (χ3v) is 4.61. The molecule has 1 aromatic carbocycles. The first kappa shape index (κ1) is 15.4. The Balaban J connectivity index is 2.92. The van der Waals surface area contributed by atoms with Gasteiger partial charge in [-0.05, 0) is 11.3 Å². The lowest BCUT2D eigenvalue weighted by Crippen LogP contribution is -2.41. The molecule has 0 saturated heterocycles. The smallest absolute Gasteiger partial charge is 0.341 e. The number of rotatable bonds is 4. The maximum Gasteiger partial charge on any atom is 0.341 e. The molecular formula is C14H20O4Si. The summed E-state index contributed by atoms with van der Waals surface area (Å²) < 4.78 is 9.92. The van der Waals surface area contributed by atoms with E-state index in [1.807, 2.05) is 12.1 Å². The van der Waals surface area contributed by atoms with Crippen molar-refractivity contribution >= 4 is 25.2 Å². The predicted octanol–water partition coefficient (Wildman–Crippen LogP) is 2.30. The van der Waals surface area contributed by atoms with E-state index in [0.717, 1.165) is 5.19 Å². The van der Waals surface area contributed by atoms with Crippen LogP contribution in [-0.2, 0) is 14.3 Å². The highest BCUT2D eigenvalue weighted by molar-refractivity contribution is 6.89. The second-order valence-corrected chi connectivity index (χ2v) is 10.4. The van der Waals surface area contributed by atoms with Crippen LogP contribution >= 0.6 is 0 Å². The van der Waals surface area contributed by atoms with Crippen LogP contribution in [0.2, 0.25) is 19.6 Å². The van der Waals surface area contributed by atoms with E-state index in [-0.39, 0.29) is 0 Å². The number of hydrogen-bond acceptors (Lipinski definition) is 4. The molecule has 0 aliphatic rings. The number of esters is 2. The van der Waals surface area contributed by atoms with Crippen LogP contribution in [0, 0.1) is 0 Å². The van der Waals surface area contributed by atoms with Crippen LogP contribution in [0.1, 0.15) is 24.2 Å². The summed E-state index contributed by atoms with van der Waals surface area (Å²) >= 11 is 0. The Kier molecular flexibility index (Phi) is 4.88. The van der Waals surface area contributed by atoms with E-state index in [0.29, 0.717) is 5.56 Å². The number of ether oxygens (including phenoxy) is 2. The van der Waals surface area contributed by atoms with E-state index in [9.17, 15) is 9.59 Å². The van der Waals surface area contributed by atoms with Gasteiger partial charge in [0.1, 0.15) is 0 Å². The summed E-state index contributed by atoms with van der Waals surface area (Å²) in [6, 6.07) is 7.42. The summed E-state index contributed by atoms with van der Waals surface area (Å²) in [5.41, 5.74) is 0.556. The van der Waals surface area contributed by atoms with Gasteiger partial charge in [-0.1, -0.05) is 37.8 Å². The zero-order valence-corrected chi connectivity index (χ0v) is 13.0. The van der Waals surface area contributed by atoms with Crippen LogP contribution < -0.4 is 5.19 Å². The van der Waals surface area contributed by atoms with Gasteiger partial charge >= 0.3 is 11.9 Å². The molecule has 0 heterocycles. The largest absolute Gasteiger partial charge is 0.426 e. The normalized spacial score (nSPS) is 12.7. The van der Waals surface area contributed by atoms with Gasteiger partial charge in [-0.3, -0.25) is 4.79 Å². The van der Waals surface area contributed by atoms with Crippen molar-refractivity contribution in [3.63, 3.8) is 0 Å². The van der Waals surface area contributed by atoms with Crippen LogP contribution in [0.15, 0.2) is 24.3 Å². The number of carbonyl (C=O) groups excluding carboxylic acids is 2. The fourth-order valence-electron chi connectivity index (χ4n) is 1.79. The lowest BCUT2D eigenvalue weighted by molar-refractivity contribution is -0.162. The molecule has 1 rings (SSSR count). The molecule has 0 radical (unpaired) electrons. The molecule has 0 aliphatic carbocycles. The average Bonchev–Trinajstić information content (AvgIpc) is 2.26. The monoisotopic (exact) mass is 280 g/mol. The van der Waals surface area contributed by atoms with E-state index < -0.39 is 26.3 Å². The summed E-state index contributed by atoms with van der Waals surface area (Å²) in [4.78, 5) is 22.9. The lowest BCUT2D eigenvalue weighted by atomic mass is 10.2. The second kappa shape index (κ2) is 6.01. The molecule has 104 valence electrons. The highest BCUT2D eigenvalue weighted by atomic mass is 28.3. The molecule has 0 amide bonds. The summed E-state index contributed by atoms with van der Waals surface area (Å²) in [7, 11) is -1.63. The second-order valence-electron chi connectivity index (χ2n) is 5.38. The fourth-order valence-corrected chi connectivity index (χ4v) is 3.38. The van der Waals surface area contributed by atoms with Crippen molar-refractivity contribution in [2.24, 2.45) is 0 Å². The van der Waals surface area contributed by atoms with Crippen LogP contribution in [0.3, 0.4) is 0 Å². The molecule has 0 bridgehead atoms. The van der Waals surface area contributed by atoms with E-state index in [1.54, 1.807) is 12.1 Å². The summed E-state index contributed by atoms with van der Waals surface area (Å²) in [6.07, 6.45) is -0.875. The molecular weight excluding hydrogens is 260 g/mol. The Bertz CT molecular complexity index is 477. The first-order chi connectivity index (χ1) is 8.71. The van der Waals surface area contributed by atoms with Gasteiger partial charge in [0, 0.05) is 13.8 Å². The molecule has 5 heteroatoms. The summed E-state index contributed by atoms with van der Waals surface area (Å²) in [5.74, 6) is -0.925. The molecule has 1 aromatic rings. The third-order valence-electron chi connectivity index (χ3n) is 2.56. The Hall–Kier alpha value is -1.62. The zero-order chi connectivity index (χ0) is 14.6. The van der Waals surface area contributed by atoms with Gasteiger partial charge < -0.3 is 9.47 Å². The van der Waals surface area contributed by atoms with E-state index in [1.165, 1.54) is 13.8 Å². The maximum atomic E-state index is 12.1. The van der Waals surface area contributed by atoms with Crippen LogP contribution in [0.5, 0.6) is 0 Å². The molecule has 0 aromatic heterocycles. The Labute approximate surface area is 114 Å². The van der Waals surface area contributed by atoms with Crippen molar-refractivity contribution in [2.45, 2.75) is 39.8 Å². The topological polar surface area (TPSA) is 52.6 Å². The van der Waals surface area contributed by atoms with Crippen LogP contribution in [0.4, 0.5) is 0 Å². The lowest BCUT2D eigenvalue weighted by Gasteiger charge is -2.21. The zero-order valence-electron chi connectivity index (χ0n) is 12.0. The SMILES string of the molecule is CC(=O)OC(C)OC(=O)c1ccccc1[Si](C)(C)C. The third kappa shape index (κ3) is 4.52.